The Kier molecular flexibility index (Phi) is 5.11. The van der Waals surface area contributed by atoms with Crippen LogP contribution < -0.4 is 0 Å². The molecule has 5 nitrogen and oxygen atoms in total. The molecule has 0 N–H and O–H groups in total. The highest BCUT2D eigenvalue weighted by Gasteiger charge is 2.23. The summed E-state index contributed by atoms with van der Waals surface area (Å²) in [6.45, 7) is 8.50. The molecule has 15 heavy (non-hydrogen) atoms. The second-order valence-corrected chi connectivity index (χ2v) is 3.98. The van der Waals surface area contributed by atoms with Crippen molar-refractivity contribution in [2.75, 3.05) is 6.61 Å². The number of carbonyl (C=O) groups excluding carboxylic acids is 2. The minimum Gasteiger partial charge on any atom is -0.463 e. The van der Waals surface area contributed by atoms with Crippen LogP contribution in [0.4, 0.5) is 4.79 Å². The summed E-state index contributed by atoms with van der Waals surface area (Å²) < 4.78 is 14.2. The number of carbonyl (C=O) groups is 2. The summed E-state index contributed by atoms with van der Waals surface area (Å²) >= 11 is 0. The van der Waals surface area contributed by atoms with Crippen LogP contribution in [0.25, 0.3) is 0 Å². The van der Waals surface area contributed by atoms with Gasteiger partial charge in [0.1, 0.15) is 5.60 Å². The van der Waals surface area contributed by atoms with Gasteiger partial charge in [0, 0.05) is 0 Å². The molecule has 0 bridgehead atoms. The van der Waals surface area contributed by atoms with Crippen LogP contribution >= 0.6 is 0 Å². The molecule has 0 spiro atoms. The Morgan fingerprint density at radius 3 is 2.20 bits per heavy atom. The van der Waals surface area contributed by atoms with Gasteiger partial charge in [0.25, 0.3) is 0 Å². The lowest BCUT2D eigenvalue weighted by atomic mass is 10.2. The zero-order valence-corrected chi connectivity index (χ0v) is 9.83. The Morgan fingerprint density at radius 2 is 1.80 bits per heavy atom. The summed E-state index contributed by atoms with van der Waals surface area (Å²) in [5, 5.41) is 0. The van der Waals surface area contributed by atoms with E-state index in [4.69, 9.17) is 9.47 Å². The minimum atomic E-state index is -0.945. The normalized spacial score (nSPS) is 12.9. The Bertz CT molecular complexity index is 228. The molecule has 0 aromatic rings. The Balaban J connectivity index is 4.02. The zero-order valence-electron chi connectivity index (χ0n) is 9.83. The average molecular weight is 218 g/mol. The van der Waals surface area contributed by atoms with E-state index in [1.54, 1.807) is 27.7 Å². The lowest BCUT2D eigenvalue weighted by Crippen LogP contribution is -2.31. The van der Waals surface area contributed by atoms with E-state index in [-0.39, 0.29) is 6.61 Å². The van der Waals surface area contributed by atoms with Crippen molar-refractivity contribution in [2.24, 2.45) is 0 Å². The molecular formula is C10H18O5. The molecular weight excluding hydrogens is 200 g/mol. The summed E-state index contributed by atoms with van der Waals surface area (Å²) in [6, 6.07) is 0. The van der Waals surface area contributed by atoms with Gasteiger partial charge in [0.2, 0.25) is 0 Å². The van der Waals surface area contributed by atoms with Gasteiger partial charge in [-0.2, -0.15) is 0 Å². The van der Waals surface area contributed by atoms with Crippen LogP contribution in [0.5, 0.6) is 0 Å². The highest BCUT2D eigenvalue weighted by molar-refractivity contribution is 5.77. The fourth-order valence-electron chi connectivity index (χ4n) is 0.726. The van der Waals surface area contributed by atoms with Crippen molar-refractivity contribution in [1.82, 2.24) is 0 Å². The van der Waals surface area contributed by atoms with Gasteiger partial charge in [-0.1, -0.05) is 0 Å². The third kappa shape index (κ3) is 6.76. The van der Waals surface area contributed by atoms with E-state index >= 15 is 0 Å². The monoisotopic (exact) mass is 218 g/mol. The first-order valence-corrected chi connectivity index (χ1v) is 4.82. The van der Waals surface area contributed by atoms with Crippen molar-refractivity contribution in [3.8, 4) is 0 Å². The molecule has 0 fully saturated rings. The predicted molar refractivity (Wildman–Crippen MR) is 53.4 cm³/mol. The summed E-state index contributed by atoms with van der Waals surface area (Å²) in [6.07, 6.45) is -1.82. The second-order valence-electron chi connectivity index (χ2n) is 3.98. The summed E-state index contributed by atoms with van der Waals surface area (Å²) in [5.41, 5.74) is -0.633. The Hall–Kier alpha value is -1.26. The topological polar surface area (TPSA) is 61.8 Å². The fraction of sp³-hybridized carbons (Fsp3) is 0.800. The SMILES string of the molecule is CCOC(=O)[C@H](C)OC(=O)OC(C)(C)C. The molecule has 0 saturated carbocycles. The van der Waals surface area contributed by atoms with Crippen LogP contribution in [0.3, 0.4) is 0 Å². The van der Waals surface area contributed by atoms with E-state index in [1.807, 2.05) is 0 Å². The van der Waals surface area contributed by atoms with Crippen molar-refractivity contribution in [1.29, 1.82) is 0 Å². The molecule has 0 aromatic carbocycles. The third-order valence-electron chi connectivity index (χ3n) is 1.28. The Labute approximate surface area is 89.7 Å². The molecule has 0 rings (SSSR count). The quantitative estimate of drug-likeness (QED) is 0.677. The van der Waals surface area contributed by atoms with E-state index in [0.717, 1.165) is 0 Å². The van der Waals surface area contributed by atoms with Gasteiger partial charge < -0.3 is 14.2 Å². The lowest BCUT2D eigenvalue weighted by molar-refractivity contribution is -0.154. The fourth-order valence-corrected chi connectivity index (χ4v) is 0.726. The Morgan fingerprint density at radius 1 is 1.27 bits per heavy atom. The number of esters is 1. The highest BCUT2D eigenvalue weighted by atomic mass is 16.7. The average Bonchev–Trinajstić information content (AvgIpc) is 2.00. The zero-order chi connectivity index (χ0) is 12.1. The lowest BCUT2D eigenvalue weighted by Gasteiger charge is -2.20. The van der Waals surface area contributed by atoms with Crippen LogP contribution in [0.2, 0.25) is 0 Å². The van der Waals surface area contributed by atoms with Crippen molar-refractivity contribution in [2.45, 2.75) is 46.3 Å². The summed E-state index contributed by atoms with van der Waals surface area (Å²) in [4.78, 5) is 22.2. The van der Waals surface area contributed by atoms with Crippen molar-refractivity contribution >= 4 is 12.1 Å². The first-order valence-electron chi connectivity index (χ1n) is 4.82. The third-order valence-corrected chi connectivity index (χ3v) is 1.28. The molecule has 5 heteroatoms. The summed E-state index contributed by atoms with van der Waals surface area (Å²) in [5.74, 6) is -0.580. The van der Waals surface area contributed by atoms with E-state index in [2.05, 4.69) is 4.74 Å². The van der Waals surface area contributed by atoms with Crippen LogP contribution in [0, 0.1) is 0 Å². The first kappa shape index (κ1) is 13.7. The van der Waals surface area contributed by atoms with E-state index in [1.165, 1.54) is 6.92 Å². The van der Waals surface area contributed by atoms with Gasteiger partial charge in [-0.15, -0.1) is 0 Å². The molecule has 0 aliphatic rings. The number of rotatable bonds is 3. The van der Waals surface area contributed by atoms with Gasteiger partial charge in [-0.05, 0) is 34.6 Å². The number of ether oxygens (including phenoxy) is 3. The molecule has 0 aromatic heterocycles. The van der Waals surface area contributed by atoms with Crippen LogP contribution in [0.15, 0.2) is 0 Å². The standard InChI is InChI=1S/C10H18O5/c1-6-13-8(11)7(2)14-9(12)15-10(3,4)5/h7H,6H2,1-5H3/t7-/m0/s1. The maximum absolute atomic E-state index is 11.1. The summed E-state index contributed by atoms with van der Waals surface area (Å²) in [7, 11) is 0. The second kappa shape index (κ2) is 5.58. The molecule has 88 valence electrons. The van der Waals surface area contributed by atoms with Gasteiger partial charge in [0.15, 0.2) is 6.10 Å². The molecule has 0 heterocycles. The van der Waals surface area contributed by atoms with Gasteiger partial charge in [-0.3, -0.25) is 0 Å². The van der Waals surface area contributed by atoms with E-state index in [9.17, 15) is 9.59 Å². The first-order chi connectivity index (χ1) is 6.76. The van der Waals surface area contributed by atoms with E-state index in [0.29, 0.717) is 0 Å². The van der Waals surface area contributed by atoms with Crippen molar-refractivity contribution in [3.63, 3.8) is 0 Å². The number of hydrogen-bond acceptors (Lipinski definition) is 5. The van der Waals surface area contributed by atoms with Gasteiger partial charge in [-0.25, -0.2) is 9.59 Å². The van der Waals surface area contributed by atoms with Gasteiger partial charge >= 0.3 is 12.1 Å². The maximum Gasteiger partial charge on any atom is 0.509 e. The molecule has 0 amide bonds. The molecule has 0 saturated heterocycles. The smallest absolute Gasteiger partial charge is 0.463 e. The number of hydrogen-bond donors (Lipinski definition) is 0. The van der Waals surface area contributed by atoms with Crippen molar-refractivity contribution in [3.05, 3.63) is 0 Å². The molecule has 0 unspecified atom stereocenters. The molecule has 0 aliphatic carbocycles. The highest BCUT2D eigenvalue weighted by Crippen LogP contribution is 2.09. The van der Waals surface area contributed by atoms with Crippen LogP contribution in [-0.4, -0.2) is 30.4 Å². The molecule has 0 aliphatic heterocycles. The van der Waals surface area contributed by atoms with Gasteiger partial charge in [0.05, 0.1) is 6.61 Å². The largest absolute Gasteiger partial charge is 0.509 e. The molecule has 1 atom stereocenters. The minimum absolute atomic E-state index is 0.251. The van der Waals surface area contributed by atoms with Crippen LogP contribution in [-0.2, 0) is 19.0 Å². The molecule has 0 radical (unpaired) electrons. The predicted octanol–water partition coefficient (Wildman–Crippen LogP) is 1.89. The van der Waals surface area contributed by atoms with Crippen LogP contribution in [0.1, 0.15) is 34.6 Å². The van der Waals surface area contributed by atoms with E-state index < -0.39 is 23.8 Å². The van der Waals surface area contributed by atoms with Crippen molar-refractivity contribution < 1.29 is 23.8 Å². The maximum atomic E-state index is 11.1.